The summed E-state index contributed by atoms with van der Waals surface area (Å²) in [5.41, 5.74) is 1.11. The largest absolute Gasteiger partial charge is 0.494 e. The molecular formula is C13H18O3. The van der Waals surface area contributed by atoms with Crippen LogP contribution in [0, 0.1) is 0 Å². The van der Waals surface area contributed by atoms with E-state index in [1.54, 1.807) is 0 Å². The second-order valence-corrected chi connectivity index (χ2v) is 4.04. The summed E-state index contributed by atoms with van der Waals surface area (Å²) >= 11 is 0. The Morgan fingerprint density at radius 1 is 1.38 bits per heavy atom. The van der Waals surface area contributed by atoms with Crippen molar-refractivity contribution >= 4 is 0 Å². The highest BCUT2D eigenvalue weighted by Crippen LogP contribution is 2.29. The standard InChI is InChI=1S/C13H18O3/c1-2-15-12-5-3-10(4-6-12)13-9-11(14)7-8-16-13/h3-6,11,13-14H,2,7-9H2,1H3. The molecule has 0 bridgehead atoms. The zero-order valence-electron chi connectivity index (χ0n) is 9.56. The number of aliphatic hydroxyl groups is 1. The Kier molecular flexibility index (Phi) is 3.80. The highest BCUT2D eigenvalue weighted by atomic mass is 16.5. The zero-order valence-corrected chi connectivity index (χ0v) is 9.56. The molecule has 2 unspecified atom stereocenters. The van der Waals surface area contributed by atoms with E-state index in [9.17, 15) is 5.11 Å². The maximum absolute atomic E-state index is 9.58. The molecule has 1 aromatic rings. The first-order valence-corrected chi connectivity index (χ1v) is 5.82. The van der Waals surface area contributed by atoms with Gasteiger partial charge in [-0.1, -0.05) is 12.1 Å². The van der Waals surface area contributed by atoms with Gasteiger partial charge in [0.2, 0.25) is 0 Å². The third kappa shape index (κ3) is 2.74. The third-order valence-corrected chi connectivity index (χ3v) is 2.82. The molecule has 1 aromatic carbocycles. The van der Waals surface area contributed by atoms with Gasteiger partial charge in [0.1, 0.15) is 5.75 Å². The van der Waals surface area contributed by atoms with Gasteiger partial charge in [0.05, 0.1) is 18.8 Å². The minimum Gasteiger partial charge on any atom is -0.494 e. The van der Waals surface area contributed by atoms with Gasteiger partial charge in [-0.15, -0.1) is 0 Å². The molecule has 0 radical (unpaired) electrons. The highest BCUT2D eigenvalue weighted by molar-refractivity contribution is 5.28. The van der Waals surface area contributed by atoms with Crippen molar-refractivity contribution in [3.05, 3.63) is 29.8 Å². The molecule has 16 heavy (non-hydrogen) atoms. The molecule has 1 aliphatic rings. The van der Waals surface area contributed by atoms with Crippen LogP contribution in [-0.4, -0.2) is 24.4 Å². The summed E-state index contributed by atoms with van der Waals surface area (Å²) < 4.78 is 11.0. The molecule has 3 heteroatoms. The van der Waals surface area contributed by atoms with Crippen LogP contribution in [0.5, 0.6) is 5.75 Å². The molecule has 0 spiro atoms. The van der Waals surface area contributed by atoms with Crippen LogP contribution in [0.3, 0.4) is 0 Å². The van der Waals surface area contributed by atoms with Crippen molar-refractivity contribution < 1.29 is 14.6 Å². The molecule has 88 valence electrons. The Labute approximate surface area is 96.0 Å². The first-order valence-electron chi connectivity index (χ1n) is 5.82. The summed E-state index contributed by atoms with van der Waals surface area (Å²) in [7, 11) is 0. The predicted molar refractivity (Wildman–Crippen MR) is 61.5 cm³/mol. The third-order valence-electron chi connectivity index (χ3n) is 2.82. The highest BCUT2D eigenvalue weighted by Gasteiger charge is 2.21. The fraction of sp³-hybridized carbons (Fsp3) is 0.538. The van der Waals surface area contributed by atoms with Gasteiger partial charge < -0.3 is 14.6 Å². The summed E-state index contributed by atoms with van der Waals surface area (Å²) in [5.74, 6) is 0.877. The van der Waals surface area contributed by atoms with E-state index in [0.717, 1.165) is 17.7 Å². The van der Waals surface area contributed by atoms with Crippen LogP contribution in [0.4, 0.5) is 0 Å². The van der Waals surface area contributed by atoms with Crippen molar-refractivity contribution in [3.8, 4) is 5.75 Å². The fourth-order valence-electron chi connectivity index (χ4n) is 1.96. The minimum atomic E-state index is -0.231. The molecular weight excluding hydrogens is 204 g/mol. The minimum absolute atomic E-state index is 0.0272. The normalized spacial score (nSPS) is 25.4. The van der Waals surface area contributed by atoms with Crippen LogP contribution < -0.4 is 4.74 Å². The summed E-state index contributed by atoms with van der Waals surface area (Å²) in [6.07, 6.45) is 1.23. The van der Waals surface area contributed by atoms with Crippen LogP contribution in [0.25, 0.3) is 0 Å². The molecule has 2 rings (SSSR count). The Morgan fingerprint density at radius 3 is 2.75 bits per heavy atom. The summed E-state index contributed by atoms with van der Waals surface area (Å²) in [6.45, 7) is 3.28. The number of hydrogen-bond acceptors (Lipinski definition) is 3. The topological polar surface area (TPSA) is 38.7 Å². The molecule has 0 aromatic heterocycles. The molecule has 1 heterocycles. The van der Waals surface area contributed by atoms with Crippen molar-refractivity contribution in [1.82, 2.24) is 0 Å². The van der Waals surface area contributed by atoms with E-state index >= 15 is 0 Å². The molecule has 0 saturated carbocycles. The van der Waals surface area contributed by atoms with Gasteiger partial charge in [0.15, 0.2) is 0 Å². The van der Waals surface area contributed by atoms with Gasteiger partial charge in [-0.05, 0) is 31.0 Å². The van der Waals surface area contributed by atoms with Crippen LogP contribution in [-0.2, 0) is 4.74 Å². The van der Waals surface area contributed by atoms with E-state index in [1.807, 2.05) is 31.2 Å². The molecule has 3 nitrogen and oxygen atoms in total. The van der Waals surface area contributed by atoms with Crippen LogP contribution in [0.1, 0.15) is 31.4 Å². The Morgan fingerprint density at radius 2 is 2.12 bits per heavy atom. The van der Waals surface area contributed by atoms with Gasteiger partial charge in [-0.3, -0.25) is 0 Å². The lowest BCUT2D eigenvalue weighted by Gasteiger charge is -2.26. The number of ether oxygens (including phenoxy) is 2. The second-order valence-electron chi connectivity index (χ2n) is 4.04. The summed E-state index contributed by atoms with van der Waals surface area (Å²) in [5, 5.41) is 9.58. The lowest BCUT2D eigenvalue weighted by atomic mass is 9.99. The smallest absolute Gasteiger partial charge is 0.119 e. The number of rotatable bonds is 3. The zero-order chi connectivity index (χ0) is 11.4. The Balaban J connectivity index is 2.03. The van der Waals surface area contributed by atoms with E-state index in [4.69, 9.17) is 9.47 Å². The van der Waals surface area contributed by atoms with E-state index < -0.39 is 0 Å². The van der Waals surface area contributed by atoms with Gasteiger partial charge in [0.25, 0.3) is 0 Å². The fourth-order valence-corrected chi connectivity index (χ4v) is 1.96. The van der Waals surface area contributed by atoms with Gasteiger partial charge in [-0.2, -0.15) is 0 Å². The summed E-state index contributed by atoms with van der Waals surface area (Å²) in [6, 6.07) is 7.91. The van der Waals surface area contributed by atoms with Gasteiger partial charge in [-0.25, -0.2) is 0 Å². The monoisotopic (exact) mass is 222 g/mol. The molecule has 2 atom stereocenters. The van der Waals surface area contributed by atoms with Gasteiger partial charge >= 0.3 is 0 Å². The van der Waals surface area contributed by atoms with Crippen molar-refractivity contribution in [2.45, 2.75) is 32.0 Å². The predicted octanol–water partition coefficient (Wildman–Crippen LogP) is 2.30. The van der Waals surface area contributed by atoms with Crippen LogP contribution in [0.2, 0.25) is 0 Å². The van der Waals surface area contributed by atoms with E-state index in [1.165, 1.54) is 0 Å². The lowest BCUT2D eigenvalue weighted by Crippen LogP contribution is -2.23. The lowest BCUT2D eigenvalue weighted by molar-refractivity contribution is -0.0447. The molecule has 1 fully saturated rings. The first kappa shape index (κ1) is 11.4. The van der Waals surface area contributed by atoms with Crippen molar-refractivity contribution in [1.29, 1.82) is 0 Å². The van der Waals surface area contributed by atoms with Crippen LogP contribution >= 0.6 is 0 Å². The maximum atomic E-state index is 9.58. The Bertz CT molecular complexity index is 320. The second kappa shape index (κ2) is 5.32. The average Bonchev–Trinajstić information content (AvgIpc) is 2.30. The molecule has 1 aliphatic heterocycles. The van der Waals surface area contributed by atoms with Crippen LogP contribution in [0.15, 0.2) is 24.3 Å². The molecule has 0 amide bonds. The van der Waals surface area contributed by atoms with E-state index in [0.29, 0.717) is 19.6 Å². The maximum Gasteiger partial charge on any atom is 0.119 e. The first-order chi connectivity index (χ1) is 7.79. The number of hydrogen-bond donors (Lipinski definition) is 1. The van der Waals surface area contributed by atoms with Crippen molar-refractivity contribution in [3.63, 3.8) is 0 Å². The SMILES string of the molecule is CCOc1ccc(C2CC(O)CCO2)cc1. The molecule has 0 aliphatic carbocycles. The Hall–Kier alpha value is -1.06. The quantitative estimate of drug-likeness (QED) is 0.852. The van der Waals surface area contributed by atoms with E-state index in [2.05, 4.69) is 0 Å². The molecule has 1 saturated heterocycles. The summed E-state index contributed by atoms with van der Waals surface area (Å²) in [4.78, 5) is 0. The number of benzene rings is 1. The van der Waals surface area contributed by atoms with Gasteiger partial charge in [0, 0.05) is 13.0 Å². The van der Waals surface area contributed by atoms with E-state index in [-0.39, 0.29) is 12.2 Å². The van der Waals surface area contributed by atoms with Crippen molar-refractivity contribution in [2.75, 3.05) is 13.2 Å². The number of aliphatic hydroxyl groups excluding tert-OH is 1. The van der Waals surface area contributed by atoms with Crippen molar-refractivity contribution in [2.24, 2.45) is 0 Å². The average molecular weight is 222 g/mol. The molecule has 1 N–H and O–H groups in total.